The lowest BCUT2D eigenvalue weighted by atomic mass is 9.48. The highest BCUT2D eigenvalue weighted by atomic mass is 32.2. The predicted molar refractivity (Wildman–Crippen MR) is 131 cm³/mol. The second kappa shape index (κ2) is 7.94. The SMILES string of the molecule is C[C@]12CC[C@H]3[C@@H](CC=C4CC(OCc5ccccc5)CC[C@@]43C)[C@@H]1CC[C@@H]2SC1CC1. The molecule has 7 atom stereocenters. The largest absolute Gasteiger partial charge is 0.373 e. The van der Waals surface area contributed by atoms with Gasteiger partial charge in [0.25, 0.3) is 0 Å². The molecular weight excluding hydrogens is 396 g/mol. The van der Waals surface area contributed by atoms with E-state index in [-0.39, 0.29) is 0 Å². The molecule has 0 aromatic heterocycles. The Labute approximate surface area is 193 Å². The molecule has 0 spiro atoms. The summed E-state index contributed by atoms with van der Waals surface area (Å²) in [5.74, 6) is 2.84. The summed E-state index contributed by atoms with van der Waals surface area (Å²) >= 11 is 2.39. The van der Waals surface area contributed by atoms with Crippen LogP contribution in [0.15, 0.2) is 42.0 Å². The molecule has 0 aliphatic heterocycles. The molecule has 0 radical (unpaired) electrons. The molecule has 1 aromatic rings. The fourth-order valence-electron chi connectivity index (χ4n) is 8.17. The zero-order valence-electron chi connectivity index (χ0n) is 19.5. The van der Waals surface area contributed by atoms with Crippen LogP contribution in [0.1, 0.15) is 83.6 Å². The van der Waals surface area contributed by atoms with E-state index in [0.29, 0.717) is 16.9 Å². The molecule has 31 heavy (non-hydrogen) atoms. The summed E-state index contributed by atoms with van der Waals surface area (Å²) in [6, 6.07) is 10.7. The number of hydrogen-bond acceptors (Lipinski definition) is 2. The standard InChI is InChI=1S/C29H40OS/c1-28-16-14-22(30-19-20-6-4-3-5-7-20)18-21(28)8-11-24-25-12-13-27(31-23-9-10-23)29(25,2)17-15-26(24)28/h3-8,22-27H,9-19H2,1-2H3/t22?,24-,25-,26-,27-,28-,29-/m0/s1. The van der Waals surface area contributed by atoms with Gasteiger partial charge in [-0.3, -0.25) is 0 Å². The van der Waals surface area contributed by atoms with E-state index in [2.05, 4.69) is 62.0 Å². The third kappa shape index (κ3) is 3.65. The van der Waals surface area contributed by atoms with Crippen LogP contribution in [0.3, 0.4) is 0 Å². The summed E-state index contributed by atoms with van der Waals surface area (Å²) in [6.07, 6.45) is 17.2. The number of allylic oxidation sites excluding steroid dienone is 1. The minimum atomic E-state index is 0.413. The van der Waals surface area contributed by atoms with E-state index in [1.807, 2.05) is 0 Å². The number of thioether (sulfide) groups is 1. The fourth-order valence-corrected chi connectivity index (χ4v) is 9.92. The van der Waals surface area contributed by atoms with Gasteiger partial charge in [0.05, 0.1) is 12.7 Å². The average Bonchev–Trinajstić information content (AvgIpc) is 3.54. The maximum absolute atomic E-state index is 6.40. The summed E-state index contributed by atoms with van der Waals surface area (Å²) < 4.78 is 6.40. The highest BCUT2D eigenvalue weighted by molar-refractivity contribution is 8.00. The van der Waals surface area contributed by atoms with Crippen molar-refractivity contribution in [2.24, 2.45) is 28.6 Å². The second-order valence-electron chi connectivity index (χ2n) is 11.9. The number of hydrogen-bond donors (Lipinski definition) is 0. The van der Waals surface area contributed by atoms with Crippen LogP contribution >= 0.6 is 11.8 Å². The third-order valence-corrected chi connectivity index (χ3v) is 12.1. The van der Waals surface area contributed by atoms with Crippen molar-refractivity contribution in [3.63, 3.8) is 0 Å². The molecule has 4 fully saturated rings. The maximum Gasteiger partial charge on any atom is 0.0720 e. The van der Waals surface area contributed by atoms with Crippen LogP contribution in [0.5, 0.6) is 0 Å². The Morgan fingerprint density at radius 1 is 0.935 bits per heavy atom. The van der Waals surface area contributed by atoms with Crippen molar-refractivity contribution in [2.75, 3.05) is 0 Å². The molecule has 5 aliphatic rings. The molecule has 1 aromatic carbocycles. The fraction of sp³-hybridized carbons (Fsp3) is 0.724. The molecule has 4 saturated carbocycles. The van der Waals surface area contributed by atoms with Gasteiger partial charge in [0.2, 0.25) is 0 Å². The van der Waals surface area contributed by atoms with Gasteiger partial charge in [0.15, 0.2) is 0 Å². The van der Waals surface area contributed by atoms with Gasteiger partial charge in [-0.05, 0) is 98.4 Å². The number of rotatable bonds is 5. The van der Waals surface area contributed by atoms with Crippen LogP contribution < -0.4 is 0 Å². The summed E-state index contributed by atoms with van der Waals surface area (Å²) in [4.78, 5) is 0. The van der Waals surface area contributed by atoms with Gasteiger partial charge in [0.1, 0.15) is 0 Å². The van der Waals surface area contributed by atoms with Gasteiger partial charge in [-0.15, -0.1) is 0 Å². The Kier molecular flexibility index (Phi) is 5.34. The lowest BCUT2D eigenvalue weighted by molar-refractivity contribution is -0.0491. The number of fused-ring (bicyclic) bond motifs is 5. The minimum Gasteiger partial charge on any atom is -0.373 e. The molecule has 2 heteroatoms. The first-order valence-electron chi connectivity index (χ1n) is 13.1. The van der Waals surface area contributed by atoms with Crippen LogP contribution in [-0.4, -0.2) is 16.6 Å². The third-order valence-electron chi connectivity index (χ3n) is 10.2. The summed E-state index contributed by atoms with van der Waals surface area (Å²) in [6.45, 7) is 6.09. The van der Waals surface area contributed by atoms with Crippen molar-refractivity contribution in [3.05, 3.63) is 47.5 Å². The Morgan fingerprint density at radius 2 is 1.77 bits per heavy atom. The van der Waals surface area contributed by atoms with Gasteiger partial charge in [-0.25, -0.2) is 0 Å². The van der Waals surface area contributed by atoms with E-state index < -0.39 is 0 Å². The van der Waals surface area contributed by atoms with Crippen molar-refractivity contribution in [1.82, 2.24) is 0 Å². The van der Waals surface area contributed by atoms with Gasteiger partial charge >= 0.3 is 0 Å². The predicted octanol–water partition coefficient (Wildman–Crippen LogP) is 7.80. The molecule has 0 bridgehead atoms. The van der Waals surface area contributed by atoms with E-state index in [0.717, 1.165) is 34.9 Å². The Bertz CT molecular complexity index is 828. The summed E-state index contributed by atoms with van der Waals surface area (Å²) in [5, 5.41) is 1.96. The molecule has 1 nitrogen and oxygen atoms in total. The van der Waals surface area contributed by atoms with Crippen molar-refractivity contribution >= 4 is 11.8 Å². The monoisotopic (exact) mass is 436 g/mol. The lowest BCUT2D eigenvalue weighted by Gasteiger charge is -2.58. The maximum atomic E-state index is 6.40. The quantitative estimate of drug-likeness (QED) is 0.435. The minimum absolute atomic E-state index is 0.413. The zero-order chi connectivity index (χ0) is 21.1. The number of benzene rings is 1. The Hall–Kier alpha value is -0.730. The van der Waals surface area contributed by atoms with Gasteiger partial charge in [0, 0.05) is 10.5 Å². The van der Waals surface area contributed by atoms with E-state index in [1.54, 1.807) is 5.57 Å². The van der Waals surface area contributed by atoms with E-state index >= 15 is 0 Å². The van der Waals surface area contributed by atoms with Crippen LogP contribution in [0.2, 0.25) is 0 Å². The smallest absolute Gasteiger partial charge is 0.0720 e. The van der Waals surface area contributed by atoms with Crippen LogP contribution in [0.25, 0.3) is 0 Å². The Balaban J connectivity index is 1.15. The van der Waals surface area contributed by atoms with E-state index in [9.17, 15) is 0 Å². The molecule has 168 valence electrons. The topological polar surface area (TPSA) is 9.23 Å². The van der Waals surface area contributed by atoms with Gasteiger partial charge in [-0.1, -0.05) is 55.8 Å². The highest BCUT2D eigenvalue weighted by Crippen LogP contribution is 2.67. The van der Waals surface area contributed by atoms with Crippen molar-refractivity contribution in [2.45, 2.75) is 101 Å². The van der Waals surface area contributed by atoms with Gasteiger partial charge in [-0.2, -0.15) is 11.8 Å². The first-order valence-corrected chi connectivity index (χ1v) is 14.0. The average molecular weight is 437 g/mol. The highest BCUT2D eigenvalue weighted by Gasteiger charge is 2.59. The van der Waals surface area contributed by atoms with Crippen molar-refractivity contribution in [3.8, 4) is 0 Å². The molecule has 0 N–H and O–H groups in total. The Morgan fingerprint density at radius 3 is 2.58 bits per heavy atom. The molecular formula is C29H40OS. The molecule has 1 unspecified atom stereocenters. The molecule has 0 amide bonds. The molecule has 5 aliphatic carbocycles. The molecule has 0 saturated heterocycles. The molecule has 0 heterocycles. The van der Waals surface area contributed by atoms with Crippen molar-refractivity contribution in [1.29, 1.82) is 0 Å². The number of ether oxygens (including phenoxy) is 1. The summed E-state index contributed by atoms with van der Waals surface area (Å²) in [5.41, 5.74) is 4.12. The van der Waals surface area contributed by atoms with E-state index in [1.165, 1.54) is 69.8 Å². The first kappa shape index (κ1) is 20.8. The van der Waals surface area contributed by atoms with Crippen molar-refractivity contribution < 1.29 is 4.74 Å². The van der Waals surface area contributed by atoms with Crippen LogP contribution in [0.4, 0.5) is 0 Å². The normalized spacial score (nSPS) is 44.2. The van der Waals surface area contributed by atoms with Crippen LogP contribution in [-0.2, 0) is 11.3 Å². The lowest BCUT2D eigenvalue weighted by Crippen LogP contribution is -2.51. The van der Waals surface area contributed by atoms with Gasteiger partial charge < -0.3 is 4.74 Å². The van der Waals surface area contributed by atoms with E-state index in [4.69, 9.17) is 4.74 Å². The first-order chi connectivity index (χ1) is 15.1. The zero-order valence-corrected chi connectivity index (χ0v) is 20.3. The summed E-state index contributed by atoms with van der Waals surface area (Å²) in [7, 11) is 0. The second-order valence-corrected chi connectivity index (χ2v) is 13.4. The van der Waals surface area contributed by atoms with Crippen LogP contribution in [0, 0.1) is 28.6 Å². The molecule has 6 rings (SSSR count).